The Labute approximate surface area is 189 Å². The van der Waals surface area contributed by atoms with Gasteiger partial charge in [0.1, 0.15) is 12.4 Å². The summed E-state index contributed by atoms with van der Waals surface area (Å²) >= 11 is 0. The third kappa shape index (κ3) is 6.06. The van der Waals surface area contributed by atoms with Crippen molar-refractivity contribution in [2.75, 3.05) is 19.8 Å². The summed E-state index contributed by atoms with van der Waals surface area (Å²) in [5.74, 6) is -0.848. The van der Waals surface area contributed by atoms with Gasteiger partial charge in [-0.3, -0.25) is 0 Å². The van der Waals surface area contributed by atoms with E-state index in [0.29, 0.717) is 6.61 Å². The SMILES string of the molecule is CCCCC[C@H](O)/C=C/[C@@H]1[C@@H]2C[C@@](c3ccc(F)cc3)(CO2)[C@H]1C/C=C/COCC(=O)O. The van der Waals surface area contributed by atoms with Gasteiger partial charge in [-0.1, -0.05) is 62.6 Å². The number of unbranched alkanes of at least 4 members (excludes halogenated alkanes) is 2. The predicted octanol–water partition coefficient (Wildman–Crippen LogP) is 4.64. The van der Waals surface area contributed by atoms with Crippen molar-refractivity contribution in [2.24, 2.45) is 11.8 Å². The fourth-order valence-electron chi connectivity index (χ4n) is 5.18. The smallest absolute Gasteiger partial charge is 0.329 e. The maximum Gasteiger partial charge on any atom is 0.329 e. The van der Waals surface area contributed by atoms with Crippen LogP contribution in [0.4, 0.5) is 4.39 Å². The Morgan fingerprint density at radius 3 is 2.81 bits per heavy atom. The van der Waals surface area contributed by atoms with Gasteiger partial charge in [0.05, 0.1) is 25.4 Å². The number of allylic oxidation sites excluding steroid dienone is 1. The van der Waals surface area contributed by atoms with Gasteiger partial charge in [0, 0.05) is 11.3 Å². The summed E-state index contributed by atoms with van der Waals surface area (Å²) in [7, 11) is 0. The molecule has 0 radical (unpaired) electrons. The zero-order valence-electron chi connectivity index (χ0n) is 18.8. The third-order valence-corrected chi connectivity index (χ3v) is 6.80. The number of aliphatic hydroxyl groups is 1. The van der Waals surface area contributed by atoms with Crippen LogP contribution in [0.5, 0.6) is 0 Å². The molecular formula is C26H35FO5. The number of carboxylic acid groups (broad SMARTS) is 1. The van der Waals surface area contributed by atoms with Crippen LogP contribution >= 0.6 is 0 Å². The van der Waals surface area contributed by atoms with Crippen molar-refractivity contribution in [1.29, 1.82) is 0 Å². The molecule has 3 rings (SSSR count). The van der Waals surface area contributed by atoms with E-state index in [1.54, 1.807) is 0 Å². The number of hydrogen-bond acceptors (Lipinski definition) is 4. The summed E-state index contributed by atoms with van der Waals surface area (Å²) in [5.41, 5.74) is 0.883. The van der Waals surface area contributed by atoms with Crippen molar-refractivity contribution in [3.63, 3.8) is 0 Å². The van der Waals surface area contributed by atoms with Gasteiger partial charge in [-0.25, -0.2) is 9.18 Å². The van der Waals surface area contributed by atoms with Gasteiger partial charge in [0.2, 0.25) is 0 Å². The number of carbonyl (C=O) groups is 1. The van der Waals surface area contributed by atoms with Crippen LogP contribution in [0.2, 0.25) is 0 Å². The summed E-state index contributed by atoms with van der Waals surface area (Å²) in [6, 6.07) is 6.73. The Hall–Kier alpha value is -2.02. The van der Waals surface area contributed by atoms with E-state index in [9.17, 15) is 14.3 Å². The van der Waals surface area contributed by atoms with Crippen LogP contribution in [0.3, 0.4) is 0 Å². The molecule has 1 aliphatic carbocycles. The Kier molecular flexibility index (Phi) is 9.02. The van der Waals surface area contributed by atoms with Crippen LogP contribution in [0.15, 0.2) is 48.6 Å². The van der Waals surface area contributed by atoms with Gasteiger partial charge in [-0.15, -0.1) is 0 Å². The molecule has 2 bridgehead atoms. The first kappa shape index (κ1) is 24.6. The van der Waals surface area contributed by atoms with Gasteiger partial charge in [-0.2, -0.15) is 0 Å². The van der Waals surface area contributed by atoms with Crippen LogP contribution in [0, 0.1) is 17.7 Å². The molecule has 6 heteroatoms. The highest BCUT2D eigenvalue weighted by Crippen LogP contribution is 2.57. The summed E-state index contributed by atoms with van der Waals surface area (Å²) in [4.78, 5) is 10.6. The fourth-order valence-corrected chi connectivity index (χ4v) is 5.18. The second kappa shape index (κ2) is 11.7. The van der Waals surface area contributed by atoms with Gasteiger partial charge in [-0.05, 0) is 42.9 Å². The number of aliphatic carboxylic acids is 1. The molecule has 2 aliphatic rings. The van der Waals surface area contributed by atoms with Crippen molar-refractivity contribution in [2.45, 2.75) is 63.1 Å². The van der Waals surface area contributed by atoms with Crippen LogP contribution in [0.1, 0.15) is 51.0 Å². The zero-order chi connectivity index (χ0) is 23.0. The highest BCUT2D eigenvalue weighted by Gasteiger charge is 2.58. The Bertz CT molecular complexity index is 790. The molecule has 1 aromatic rings. The molecule has 1 heterocycles. The summed E-state index contributed by atoms with van der Waals surface area (Å²) in [5, 5.41) is 19.1. The molecule has 1 saturated carbocycles. The van der Waals surface area contributed by atoms with E-state index in [0.717, 1.165) is 44.1 Å². The molecule has 1 aliphatic heterocycles. The van der Waals surface area contributed by atoms with E-state index in [4.69, 9.17) is 14.6 Å². The molecule has 2 fully saturated rings. The van der Waals surface area contributed by atoms with Crippen molar-refractivity contribution < 1.29 is 28.9 Å². The van der Waals surface area contributed by atoms with Gasteiger partial charge < -0.3 is 19.7 Å². The monoisotopic (exact) mass is 446 g/mol. The number of fused-ring (bicyclic) bond motifs is 2. The molecule has 0 spiro atoms. The Morgan fingerprint density at radius 1 is 1.31 bits per heavy atom. The lowest BCUT2D eigenvalue weighted by molar-refractivity contribution is -0.141. The minimum absolute atomic E-state index is 0.0702. The normalized spacial score (nSPS) is 28.2. The maximum absolute atomic E-state index is 13.6. The fraction of sp³-hybridized carbons (Fsp3) is 0.577. The first-order valence-electron chi connectivity index (χ1n) is 11.6. The van der Waals surface area contributed by atoms with E-state index in [2.05, 4.69) is 13.0 Å². The van der Waals surface area contributed by atoms with Crippen LogP contribution in [0.25, 0.3) is 0 Å². The summed E-state index contributed by atoms with van der Waals surface area (Å²) < 4.78 is 24.8. The molecule has 5 nitrogen and oxygen atoms in total. The molecule has 1 aromatic carbocycles. The molecule has 176 valence electrons. The minimum Gasteiger partial charge on any atom is -0.480 e. The van der Waals surface area contributed by atoms with E-state index in [1.165, 1.54) is 12.1 Å². The molecule has 32 heavy (non-hydrogen) atoms. The number of ether oxygens (including phenoxy) is 2. The average Bonchev–Trinajstić information content (AvgIpc) is 3.33. The number of benzene rings is 1. The molecule has 0 amide bonds. The number of halogens is 1. The number of hydrogen-bond donors (Lipinski definition) is 2. The minimum atomic E-state index is -0.985. The molecule has 5 atom stereocenters. The third-order valence-electron chi connectivity index (χ3n) is 6.80. The largest absolute Gasteiger partial charge is 0.480 e. The predicted molar refractivity (Wildman–Crippen MR) is 121 cm³/mol. The lowest BCUT2D eigenvalue weighted by Gasteiger charge is -2.38. The Morgan fingerprint density at radius 2 is 2.09 bits per heavy atom. The lowest BCUT2D eigenvalue weighted by Crippen LogP contribution is -2.39. The maximum atomic E-state index is 13.6. The highest BCUT2D eigenvalue weighted by molar-refractivity contribution is 5.68. The van der Waals surface area contributed by atoms with E-state index in [1.807, 2.05) is 30.4 Å². The van der Waals surface area contributed by atoms with Crippen LogP contribution < -0.4 is 0 Å². The molecular weight excluding hydrogens is 411 g/mol. The van der Waals surface area contributed by atoms with Crippen molar-refractivity contribution in [1.82, 2.24) is 0 Å². The van der Waals surface area contributed by atoms with Crippen LogP contribution in [-0.4, -0.2) is 48.2 Å². The zero-order valence-corrected chi connectivity index (χ0v) is 18.8. The molecule has 2 N–H and O–H groups in total. The van der Waals surface area contributed by atoms with Crippen LogP contribution in [-0.2, 0) is 19.7 Å². The average molecular weight is 447 g/mol. The standard InChI is InChI=1S/C26H35FO5/c1-2-3-4-7-21(28)13-14-22-23(8-5-6-15-31-17-25(29)30)26(16-24(22)32-18-26)19-9-11-20(27)12-10-19/h5-6,9-14,21-24,28H,2-4,7-8,15-18H2,1H3,(H,29,30)/b6-5+,14-13+/t21-,22-,23-,24-,26-/m0/s1. The second-order valence-corrected chi connectivity index (χ2v) is 8.96. The van der Waals surface area contributed by atoms with Gasteiger partial charge in [0.15, 0.2) is 0 Å². The number of rotatable bonds is 13. The molecule has 0 aromatic heterocycles. The second-order valence-electron chi connectivity index (χ2n) is 8.96. The highest BCUT2D eigenvalue weighted by atomic mass is 19.1. The Balaban J connectivity index is 1.74. The summed E-state index contributed by atoms with van der Waals surface area (Å²) in [6.45, 7) is 2.68. The number of carboxylic acids is 1. The lowest BCUT2D eigenvalue weighted by atomic mass is 9.69. The topological polar surface area (TPSA) is 76.0 Å². The van der Waals surface area contributed by atoms with Crippen molar-refractivity contribution >= 4 is 5.97 Å². The number of aliphatic hydroxyl groups excluding tert-OH is 1. The quantitative estimate of drug-likeness (QED) is 0.341. The van der Waals surface area contributed by atoms with Crippen molar-refractivity contribution in [3.05, 3.63) is 60.0 Å². The first-order valence-corrected chi connectivity index (χ1v) is 11.6. The molecule has 1 saturated heterocycles. The first-order chi connectivity index (χ1) is 15.5. The van der Waals surface area contributed by atoms with E-state index >= 15 is 0 Å². The van der Waals surface area contributed by atoms with E-state index in [-0.39, 0.29) is 42.4 Å². The molecule has 0 unspecified atom stereocenters. The van der Waals surface area contributed by atoms with Gasteiger partial charge in [0.25, 0.3) is 0 Å². The van der Waals surface area contributed by atoms with Crippen molar-refractivity contribution in [3.8, 4) is 0 Å². The van der Waals surface area contributed by atoms with E-state index < -0.39 is 12.1 Å². The summed E-state index contributed by atoms with van der Waals surface area (Å²) in [6.07, 6.45) is 13.2. The van der Waals surface area contributed by atoms with Gasteiger partial charge >= 0.3 is 5.97 Å².